The van der Waals surface area contributed by atoms with E-state index in [4.69, 9.17) is 34.8 Å². The van der Waals surface area contributed by atoms with E-state index < -0.39 is 0 Å². The molecule has 0 fully saturated rings. The molecule has 0 amide bonds. The highest BCUT2D eigenvalue weighted by Crippen LogP contribution is 2.26. The number of hydrogen-bond acceptors (Lipinski definition) is 12. The van der Waals surface area contributed by atoms with Gasteiger partial charge >= 0.3 is 0 Å². The first-order chi connectivity index (χ1) is 22.0. The molecular formula is C33H51Cl3N12. The molecule has 0 bridgehead atoms. The molecule has 3 heterocycles. The van der Waals surface area contributed by atoms with Gasteiger partial charge in [-0.2, -0.15) is 0 Å². The van der Waals surface area contributed by atoms with Gasteiger partial charge in [0.2, 0.25) is 0 Å². The van der Waals surface area contributed by atoms with Crippen molar-refractivity contribution < 1.29 is 0 Å². The van der Waals surface area contributed by atoms with E-state index >= 15 is 0 Å². The van der Waals surface area contributed by atoms with Crippen molar-refractivity contribution in [1.29, 1.82) is 0 Å². The Bertz CT molecular complexity index is 1660. The van der Waals surface area contributed by atoms with E-state index in [0.29, 0.717) is 15.5 Å². The summed E-state index contributed by atoms with van der Waals surface area (Å²) in [5, 5.41) is 39.2. The lowest BCUT2D eigenvalue weighted by molar-refractivity contribution is 1.05. The lowest BCUT2D eigenvalue weighted by Gasteiger charge is -2.07. The Morgan fingerprint density at radius 2 is 0.562 bits per heavy atom. The van der Waals surface area contributed by atoms with Gasteiger partial charge in [0, 0.05) is 53.5 Å². The van der Waals surface area contributed by atoms with Crippen molar-refractivity contribution in [2.24, 2.45) is 17.2 Å². The Balaban J connectivity index is -0.000000570. The highest BCUT2D eigenvalue weighted by atomic mass is 35.5. The van der Waals surface area contributed by atoms with Gasteiger partial charge < -0.3 is 33.2 Å². The zero-order valence-electron chi connectivity index (χ0n) is 26.0. The zero-order chi connectivity index (χ0) is 33.8. The van der Waals surface area contributed by atoms with Crippen LogP contribution in [0.1, 0.15) is 22.3 Å². The molecule has 0 aliphatic rings. The Hall–Kier alpha value is -4.17. The fourth-order valence-corrected chi connectivity index (χ4v) is 4.38. The monoisotopic (exact) mass is 720 g/mol. The Morgan fingerprint density at radius 3 is 0.833 bits per heavy atom. The lowest BCUT2D eigenvalue weighted by atomic mass is 10.2. The van der Waals surface area contributed by atoms with Crippen molar-refractivity contribution in [1.82, 2.24) is 30.6 Å². The molecule has 48 heavy (non-hydrogen) atoms. The summed E-state index contributed by atoms with van der Waals surface area (Å²) in [6, 6.07) is 23.3. The van der Waals surface area contributed by atoms with E-state index in [1.807, 2.05) is 93.9 Å². The third-order valence-corrected chi connectivity index (χ3v) is 6.47. The van der Waals surface area contributed by atoms with Crippen molar-refractivity contribution in [2.45, 2.75) is 22.3 Å². The van der Waals surface area contributed by atoms with Crippen LogP contribution in [0.15, 0.2) is 72.8 Å². The van der Waals surface area contributed by atoms with Gasteiger partial charge in [-0.15, -0.1) is 30.6 Å². The first kappa shape index (κ1) is 48.2. The normalized spacial score (nSPS) is 8.75. The largest absolute Gasteiger partial charge is 0.371 e. The molecule has 0 unspecified atom stereocenters. The molecule has 0 spiro atoms. The number of anilines is 3. The van der Waals surface area contributed by atoms with Crippen molar-refractivity contribution in [3.05, 3.63) is 88.3 Å². The number of nitrogens with two attached hydrogens (primary N) is 3. The molecule has 0 aliphatic carbocycles. The molecule has 3 aromatic carbocycles. The average molecular weight is 722 g/mol. The van der Waals surface area contributed by atoms with Crippen LogP contribution in [0.4, 0.5) is 17.5 Å². The van der Waals surface area contributed by atoms with Gasteiger partial charge in [0.25, 0.3) is 0 Å². The maximum Gasteiger partial charge on any atom is 0.159 e. The summed E-state index contributed by atoms with van der Waals surface area (Å²) in [4.78, 5) is 0. The maximum atomic E-state index is 5.88. The highest BCUT2D eigenvalue weighted by Gasteiger charge is 2.06. The van der Waals surface area contributed by atoms with Gasteiger partial charge in [-0.05, 0) is 21.1 Å². The number of hydrogen-bond donors (Lipinski definition) is 6. The molecule has 12 nitrogen and oxygen atoms in total. The maximum absolute atomic E-state index is 5.88. The van der Waals surface area contributed by atoms with E-state index in [9.17, 15) is 0 Å². The van der Waals surface area contributed by atoms with Crippen LogP contribution in [-0.4, -0.2) is 72.9 Å². The number of fused-ring (bicyclic) bond motifs is 3. The van der Waals surface area contributed by atoms with E-state index in [-0.39, 0.29) is 22.3 Å². The fourth-order valence-electron chi connectivity index (χ4n) is 3.77. The highest BCUT2D eigenvalue weighted by molar-refractivity contribution is 6.38. The molecule has 0 aliphatic heterocycles. The van der Waals surface area contributed by atoms with Crippen LogP contribution in [0.25, 0.3) is 32.3 Å². The quantitative estimate of drug-likeness (QED) is 0.105. The summed E-state index contributed by atoms with van der Waals surface area (Å²) in [5.41, 5.74) is 13.5. The average Bonchev–Trinajstić information content (AvgIpc) is 3.13. The first-order valence-corrected chi connectivity index (χ1v) is 14.6. The molecule has 3 aromatic heterocycles. The van der Waals surface area contributed by atoms with Crippen LogP contribution < -0.4 is 33.2 Å². The van der Waals surface area contributed by atoms with Crippen LogP contribution >= 0.6 is 34.8 Å². The number of halogens is 3. The summed E-state index contributed by atoms with van der Waals surface area (Å²) in [6.45, 7) is 0. The predicted molar refractivity (Wildman–Crippen MR) is 213 cm³/mol. The van der Waals surface area contributed by atoms with E-state index in [0.717, 1.165) is 49.8 Å². The smallest absolute Gasteiger partial charge is 0.159 e. The van der Waals surface area contributed by atoms with Gasteiger partial charge in [-0.1, -0.05) is 130 Å². The molecule has 0 atom stereocenters. The van der Waals surface area contributed by atoms with Crippen LogP contribution in [0.5, 0.6) is 0 Å². The van der Waals surface area contributed by atoms with Crippen molar-refractivity contribution >= 4 is 84.6 Å². The third-order valence-electron chi connectivity index (χ3n) is 5.64. The summed E-state index contributed by atoms with van der Waals surface area (Å²) in [6.07, 6.45) is 0. The summed E-state index contributed by atoms with van der Waals surface area (Å²) < 4.78 is 0. The number of rotatable bonds is 3. The second-order valence-electron chi connectivity index (χ2n) is 7.91. The molecular weight excluding hydrogens is 671 g/mol. The third kappa shape index (κ3) is 12.8. The van der Waals surface area contributed by atoms with E-state index in [1.165, 1.54) is 21.1 Å². The number of nitrogens with zero attached hydrogens (tertiary/aromatic N) is 6. The second kappa shape index (κ2) is 26.9. The van der Waals surface area contributed by atoms with E-state index in [1.54, 1.807) is 0 Å². The molecule has 15 heteroatoms. The molecule has 6 rings (SSSR count). The van der Waals surface area contributed by atoms with Gasteiger partial charge in [-0.25, -0.2) is 0 Å². The Morgan fingerprint density at radius 1 is 0.375 bits per heavy atom. The van der Waals surface area contributed by atoms with Crippen LogP contribution in [0, 0.1) is 0 Å². The minimum atomic E-state index is 0. The minimum Gasteiger partial charge on any atom is -0.371 e. The number of aromatic nitrogens is 6. The zero-order valence-corrected chi connectivity index (χ0v) is 28.2. The van der Waals surface area contributed by atoms with Crippen LogP contribution in [-0.2, 0) is 0 Å². The minimum absolute atomic E-state index is 0. The molecule has 0 saturated carbocycles. The van der Waals surface area contributed by atoms with Crippen molar-refractivity contribution in [3.63, 3.8) is 0 Å². The van der Waals surface area contributed by atoms with Crippen molar-refractivity contribution in [3.8, 4) is 0 Å². The molecule has 6 aromatic rings. The van der Waals surface area contributed by atoms with Crippen LogP contribution in [0.2, 0.25) is 15.5 Å². The van der Waals surface area contributed by atoms with Gasteiger partial charge in [0.05, 0.1) is 0 Å². The molecule has 0 saturated heterocycles. The Kier molecular flexibility index (Phi) is 27.0. The summed E-state index contributed by atoms with van der Waals surface area (Å²) in [5.74, 6) is 2.36. The molecule has 0 radical (unpaired) electrons. The predicted octanol–water partition coefficient (Wildman–Crippen LogP) is 7.61. The lowest BCUT2D eigenvalue weighted by Crippen LogP contribution is -2.00. The first-order valence-electron chi connectivity index (χ1n) is 13.5. The number of nitrogens with one attached hydrogen (secondary N) is 3. The van der Waals surface area contributed by atoms with Crippen molar-refractivity contribution in [2.75, 3.05) is 58.2 Å². The second-order valence-corrected chi connectivity index (χ2v) is 8.98. The fraction of sp³-hybridized carbons (Fsp3) is 0.273. The van der Waals surface area contributed by atoms with Gasteiger partial charge in [0.15, 0.2) is 32.9 Å². The topological polar surface area (TPSA) is 191 Å². The molecule has 9 N–H and O–H groups in total. The van der Waals surface area contributed by atoms with Crippen LogP contribution in [0.3, 0.4) is 0 Å². The standard InChI is InChI=1S/C10H12N4.C9H8ClN3.C8H4Cl2N2.3CH5N.3CH4/c1-11-9-7-5-3-4-6-8(7)10(12-2)14-13-9;1-11-9-7-5-3-2-4-6(7)8(10)12-13-9;9-7-5-3-1-2-4-6(5)8(10)12-11-7;3*1-2;;;/h3-6H,1-2H3,(H,11,13)(H,12,14);2-5H,1H3,(H,11,13);1-4H;3*2H2,1H3;3*1H4. The van der Waals surface area contributed by atoms with Gasteiger partial charge in [-0.3, -0.25) is 0 Å². The van der Waals surface area contributed by atoms with Gasteiger partial charge in [0.1, 0.15) is 0 Å². The Labute approximate surface area is 300 Å². The summed E-state index contributed by atoms with van der Waals surface area (Å²) >= 11 is 17.5. The van der Waals surface area contributed by atoms with E-state index in [2.05, 4.69) is 63.7 Å². The SMILES string of the molecule is C.C.C.CN.CN.CN.CNc1nnc(Cl)c2ccccc12.CNc1nnc(NC)c2ccccc12.Clc1nnc(Cl)c2ccccc12. The molecule has 264 valence electrons. The summed E-state index contributed by atoms with van der Waals surface area (Å²) in [7, 11) is 10.00. The number of benzene rings is 3.